The predicted molar refractivity (Wildman–Crippen MR) is 118 cm³/mol. The number of nitrogens with one attached hydrogen (secondary N) is 1. The first-order valence-corrected chi connectivity index (χ1v) is 10.5. The molecule has 0 aromatic heterocycles. The molecular formula is C22H26N6O3+2. The topological polar surface area (TPSA) is 109 Å². The second-order valence-electron chi connectivity index (χ2n) is 7.67. The van der Waals surface area contributed by atoms with E-state index >= 15 is 0 Å². The van der Waals surface area contributed by atoms with E-state index in [0.29, 0.717) is 17.9 Å². The van der Waals surface area contributed by atoms with E-state index in [-0.39, 0.29) is 11.6 Å². The highest BCUT2D eigenvalue weighted by Gasteiger charge is 2.36. The van der Waals surface area contributed by atoms with Crippen molar-refractivity contribution in [3.8, 4) is 0 Å². The SMILES string of the molecule is O=C1[C@H](C=NCC[NH+]2CC[NH2+]CC2)C(c2ccccc2)=NN1c1ccc([N+](=O)[O-])cc1. The number of nitro groups is 1. The van der Waals surface area contributed by atoms with Crippen LogP contribution in [0, 0.1) is 16.0 Å². The predicted octanol–water partition coefficient (Wildman–Crippen LogP) is -0.505. The fraction of sp³-hybridized carbons (Fsp3) is 0.318. The third kappa shape index (κ3) is 4.84. The highest BCUT2D eigenvalue weighted by molar-refractivity contribution is 6.29. The van der Waals surface area contributed by atoms with Crippen molar-refractivity contribution < 1.29 is 19.9 Å². The van der Waals surface area contributed by atoms with Gasteiger partial charge in [0, 0.05) is 18.3 Å². The molecule has 2 aromatic carbocycles. The first-order valence-electron chi connectivity index (χ1n) is 10.5. The Bertz CT molecular complexity index is 984. The molecule has 0 bridgehead atoms. The lowest BCUT2D eigenvalue weighted by Crippen LogP contribution is -3.20. The van der Waals surface area contributed by atoms with Gasteiger partial charge in [-0.3, -0.25) is 19.9 Å². The number of carbonyl (C=O) groups excluding carboxylic acids is 1. The molecule has 2 aliphatic heterocycles. The van der Waals surface area contributed by atoms with Crippen LogP contribution in [0.2, 0.25) is 0 Å². The van der Waals surface area contributed by atoms with Gasteiger partial charge >= 0.3 is 0 Å². The maximum atomic E-state index is 13.2. The Morgan fingerprint density at radius 1 is 1.16 bits per heavy atom. The van der Waals surface area contributed by atoms with Gasteiger partial charge in [0.05, 0.1) is 29.4 Å². The summed E-state index contributed by atoms with van der Waals surface area (Å²) in [4.78, 5) is 29.7. The van der Waals surface area contributed by atoms with Gasteiger partial charge in [0.15, 0.2) is 0 Å². The number of rotatable bonds is 7. The van der Waals surface area contributed by atoms with Crippen molar-refractivity contribution in [1.82, 2.24) is 0 Å². The van der Waals surface area contributed by atoms with Crippen molar-refractivity contribution in [2.75, 3.05) is 44.3 Å². The van der Waals surface area contributed by atoms with Crippen LogP contribution in [0.15, 0.2) is 64.7 Å². The van der Waals surface area contributed by atoms with E-state index in [9.17, 15) is 14.9 Å². The number of hydrogen-bond donors (Lipinski definition) is 2. The van der Waals surface area contributed by atoms with Crippen molar-refractivity contribution in [2.24, 2.45) is 16.0 Å². The van der Waals surface area contributed by atoms with E-state index < -0.39 is 10.8 Å². The summed E-state index contributed by atoms with van der Waals surface area (Å²) < 4.78 is 0. The molecule has 0 aliphatic carbocycles. The molecular weight excluding hydrogens is 396 g/mol. The van der Waals surface area contributed by atoms with Crippen molar-refractivity contribution in [1.29, 1.82) is 0 Å². The number of nitrogens with two attached hydrogens (primary N) is 1. The van der Waals surface area contributed by atoms with Crippen molar-refractivity contribution >= 4 is 29.2 Å². The van der Waals surface area contributed by atoms with Crippen LogP contribution in [0.5, 0.6) is 0 Å². The Balaban J connectivity index is 1.53. The summed E-state index contributed by atoms with van der Waals surface area (Å²) >= 11 is 0. The largest absolute Gasteiger partial charge is 0.337 e. The molecule has 1 atom stereocenters. The highest BCUT2D eigenvalue weighted by atomic mass is 16.6. The lowest BCUT2D eigenvalue weighted by Gasteiger charge is -2.21. The van der Waals surface area contributed by atoms with Crippen LogP contribution in [0.1, 0.15) is 5.56 Å². The molecule has 3 N–H and O–H groups in total. The Hall–Kier alpha value is -3.43. The normalized spacial score (nSPS) is 19.7. The molecule has 4 rings (SSSR count). The van der Waals surface area contributed by atoms with E-state index in [1.165, 1.54) is 17.1 Å². The van der Waals surface area contributed by atoms with Crippen LogP contribution >= 0.6 is 0 Å². The molecule has 2 heterocycles. The van der Waals surface area contributed by atoms with E-state index in [2.05, 4.69) is 15.4 Å². The number of aliphatic imine (C=N–C) groups is 1. The number of nitro benzene ring substituents is 1. The van der Waals surface area contributed by atoms with Gasteiger partial charge in [0.2, 0.25) is 0 Å². The minimum atomic E-state index is -0.581. The van der Waals surface area contributed by atoms with Gasteiger partial charge in [-0.25, -0.2) is 0 Å². The fourth-order valence-electron chi connectivity index (χ4n) is 3.88. The molecule has 2 aliphatic rings. The zero-order chi connectivity index (χ0) is 21.6. The molecule has 9 nitrogen and oxygen atoms in total. The minimum Gasteiger partial charge on any atom is -0.337 e. The summed E-state index contributed by atoms with van der Waals surface area (Å²) in [5.74, 6) is -0.793. The van der Waals surface area contributed by atoms with E-state index in [1.54, 1.807) is 23.2 Å². The Labute approximate surface area is 180 Å². The average molecular weight is 422 g/mol. The van der Waals surface area contributed by atoms with Gasteiger partial charge in [0.1, 0.15) is 32.1 Å². The lowest BCUT2D eigenvalue weighted by atomic mass is 9.98. The van der Waals surface area contributed by atoms with Crippen molar-refractivity contribution in [2.45, 2.75) is 0 Å². The standard InChI is InChI=1S/C22H24N6O3/c29-22-20(16-24-12-15-26-13-10-23-11-14-26)21(17-4-2-1-3-5-17)25-27(22)18-6-8-19(9-7-18)28(30)31/h1-9,16,20,23H,10-15H2/p+2/t20-/m1/s1. The molecule has 0 unspecified atom stereocenters. The number of carbonyl (C=O) groups is 1. The number of anilines is 1. The number of hydrogen-bond acceptors (Lipinski definition) is 5. The summed E-state index contributed by atoms with van der Waals surface area (Å²) in [6.07, 6.45) is 1.70. The van der Waals surface area contributed by atoms with Crippen molar-refractivity contribution in [3.05, 3.63) is 70.3 Å². The van der Waals surface area contributed by atoms with E-state index in [4.69, 9.17) is 0 Å². The number of amides is 1. The first-order chi connectivity index (χ1) is 15.1. The zero-order valence-corrected chi connectivity index (χ0v) is 17.2. The molecule has 0 saturated carbocycles. The molecule has 2 aromatic rings. The highest BCUT2D eigenvalue weighted by Crippen LogP contribution is 2.27. The number of hydrazone groups is 1. The van der Waals surface area contributed by atoms with Gasteiger partial charge in [-0.15, -0.1) is 0 Å². The maximum absolute atomic E-state index is 13.2. The van der Waals surface area contributed by atoms with Crippen LogP contribution in [-0.4, -0.2) is 62.0 Å². The second kappa shape index (κ2) is 9.59. The number of nitrogens with zero attached hydrogens (tertiary/aromatic N) is 4. The minimum absolute atomic E-state index is 0.0291. The van der Waals surface area contributed by atoms with Crippen LogP contribution < -0.4 is 15.2 Å². The summed E-state index contributed by atoms with van der Waals surface area (Å²) in [5, 5.41) is 19.1. The zero-order valence-electron chi connectivity index (χ0n) is 17.2. The summed E-state index contributed by atoms with van der Waals surface area (Å²) in [6, 6.07) is 15.4. The summed E-state index contributed by atoms with van der Waals surface area (Å²) in [6.45, 7) is 6.20. The molecule has 0 radical (unpaired) electrons. The van der Waals surface area contributed by atoms with Gasteiger partial charge in [0.25, 0.3) is 11.6 Å². The third-order valence-electron chi connectivity index (χ3n) is 5.60. The van der Waals surface area contributed by atoms with Gasteiger partial charge in [-0.1, -0.05) is 30.3 Å². The Kier molecular flexibility index (Phi) is 6.44. The van der Waals surface area contributed by atoms with Crippen LogP contribution in [0.3, 0.4) is 0 Å². The Morgan fingerprint density at radius 2 is 1.87 bits per heavy atom. The van der Waals surface area contributed by atoms with Gasteiger partial charge in [-0.2, -0.15) is 10.1 Å². The molecule has 0 spiro atoms. The smallest absolute Gasteiger partial charge is 0.269 e. The van der Waals surface area contributed by atoms with Crippen LogP contribution in [0.25, 0.3) is 0 Å². The molecule has 31 heavy (non-hydrogen) atoms. The summed E-state index contributed by atoms with van der Waals surface area (Å²) in [5.41, 5.74) is 1.95. The number of piperazine rings is 1. The lowest BCUT2D eigenvalue weighted by molar-refractivity contribution is -0.945. The number of benzene rings is 2. The van der Waals surface area contributed by atoms with E-state index in [1.807, 2.05) is 30.3 Å². The average Bonchev–Trinajstić information content (AvgIpc) is 3.14. The Morgan fingerprint density at radius 3 is 2.55 bits per heavy atom. The monoisotopic (exact) mass is 422 g/mol. The van der Waals surface area contributed by atoms with Gasteiger partial charge < -0.3 is 10.2 Å². The summed E-state index contributed by atoms with van der Waals surface area (Å²) in [7, 11) is 0. The molecule has 1 saturated heterocycles. The number of quaternary nitrogens is 2. The molecule has 1 amide bonds. The fourth-order valence-corrected chi connectivity index (χ4v) is 3.88. The maximum Gasteiger partial charge on any atom is 0.269 e. The van der Waals surface area contributed by atoms with Crippen LogP contribution in [0.4, 0.5) is 11.4 Å². The van der Waals surface area contributed by atoms with Gasteiger partial charge in [-0.05, 0) is 17.7 Å². The van der Waals surface area contributed by atoms with Crippen LogP contribution in [-0.2, 0) is 4.79 Å². The quantitative estimate of drug-likeness (QED) is 0.356. The van der Waals surface area contributed by atoms with Crippen molar-refractivity contribution in [3.63, 3.8) is 0 Å². The van der Waals surface area contributed by atoms with E-state index in [0.717, 1.165) is 38.3 Å². The number of non-ortho nitro benzene ring substituents is 1. The molecule has 9 heteroatoms. The molecule has 160 valence electrons. The molecule has 1 fully saturated rings. The first kappa shape index (κ1) is 20.8. The third-order valence-corrected chi connectivity index (χ3v) is 5.60. The second-order valence-corrected chi connectivity index (χ2v) is 7.67.